The van der Waals surface area contributed by atoms with Gasteiger partial charge in [0.15, 0.2) is 0 Å². The van der Waals surface area contributed by atoms with Gasteiger partial charge in [0.2, 0.25) is 0 Å². The zero-order valence-electron chi connectivity index (χ0n) is 8.45. The van der Waals surface area contributed by atoms with Gasteiger partial charge < -0.3 is 10.8 Å². The second-order valence-electron chi connectivity index (χ2n) is 3.37. The first-order valence-corrected chi connectivity index (χ1v) is 12.9. The predicted octanol–water partition coefficient (Wildman–Crippen LogP) is 2.35. The number of hydrogen-bond donors (Lipinski definition) is 0. The van der Waals surface area contributed by atoms with Crippen LogP contribution in [0.2, 0.25) is 0 Å². The summed E-state index contributed by atoms with van der Waals surface area (Å²) in [5.41, 5.74) is -0.483. The van der Waals surface area contributed by atoms with Crippen molar-refractivity contribution in [3.8, 4) is 0 Å². The van der Waals surface area contributed by atoms with Gasteiger partial charge in [-0.05, 0) is 20.8 Å². The predicted molar refractivity (Wildman–Crippen MR) is 56.7 cm³/mol. The number of aromatic nitrogens is 2. The third-order valence-corrected chi connectivity index (χ3v) is 1.03. The molecule has 74 valence electrons. The number of nitrogens with zero attached hydrogens (tertiary/aromatic N) is 2. The van der Waals surface area contributed by atoms with E-state index >= 15 is 0 Å². The van der Waals surface area contributed by atoms with E-state index in [0.717, 1.165) is 4.68 Å². The third kappa shape index (κ3) is 5.70. The molecule has 0 fully saturated rings. The molecule has 6 heteroatoms. The standard InChI is InChI=1S/C8H11N2O2.HI.Zn/c1-8(2,3)12-7(11)10-6-4-5-9-10;;/h5-6H,1-3H3;1H;/q-1;;+2/p-1. The average molecular weight is 359 g/mol. The summed E-state index contributed by atoms with van der Waals surface area (Å²) in [4.78, 5) is 11.2. The van der Waals surface area contributed by atoms with Crippen LogP contribution in [-0.2, 0) is 19.5 Å². The minimum absolute atomic E-state index is 0.483. The van der Waals surface area contributed by atoms with Crippen LogP contribution in [0.3, 0.4) is 0 Å². The van der Waals surface area contributed by atoms with E-state index < -0.39 is 11.7 Å². The molecule has 0 aliphatic rings. The fourth-order valence-corrected chi connectivity index (χ4v) is 0.641. The van der Waals surface area contributed by atoms with E-state index in [-0.39, 0.29) is 0 Å². The SMILES string of the molecule is CC(C)(C)OC(=O)n1c[c-]cn1.[Zn+][I]. The molecule has 1 aromatic heterocycles. The van der Waals surface area contributed by atoms with Gasteiger partial charge in [0.05, 0.1) is 0 Å². The Morgan fingerprint density at radius 3 is 2.50 bits per heavy atom. The van der Waals surface area contributed by atoms with Gasteiger partial charge in [-0.3, -0.25) is 0 Å². The first-order valence-electron chi connectivity index (χ1n) is 3.90. The fourth-order valence-electron chi connectivity index (χ4n) is 0.641. The van der Waals surface area contributed by atoms with Crippen LogP contribution in [0, 0.1) is 6.07 Å². The van der Waals surface area contributed by atoms with Crippen molar-refractivity contribution in [1.29, 1.82) is 0 Å². The molecule has 0 bridgehead atoms. The van der Waals surface area contributed by atoms with Crippen molar-refractivity contribution in [2.75, 3.05) is 0 Å². The van der Waals surface area contributed by atoms with Crippen molar-refractivity contribution in [3.63, 3.8) is 0 Å². The molecule has 1 heterocycles. The Kier molecular flexibility index (Phi) is 6.52. The number of rotatable bonds is 0. The van der Waals surface area contributed by atoms with Crippen LogP contribution in [0.15, 0.2) is 12.4 Å². The van der Waals surface area contributed by atoms with Crippen LogP contribution in [0.25, 0.3) is 0 Å². The summed E-state index contributed by atoms with van der Waals surface area (Å²) >= 11 is 3.62. The van der Waals surface area contributed by atoms with E-state index in [1.165, 1.54) is 27.2 Å². The van der Waals surface area contributed by atoms with Gasteiger partial charge in [-0.25, -0.2) is 14.6 Å². The Balaban J connectivity index is 0.000000791. The molecule has 0 atom stereocenters. The van der Waals surface area contributed by atoms with Crippen molar-refractivity contribution in [2.24, 2.45) is 0 Å². The molecule has 0 saturated carbocycles. The Bertz CT molecular complexity index is 269. The number of ether oxygens (including phenoxy) is 1. The molecule has 0 aliphatic carbocycles. The molecule has 0 amide bonds. The van der Waals surface area contributed by atoms with E-state index in [9.17, 15) is 4.79 Å². The van der Waals surface area contributed by atoms with Gasteiger partial charge in [0, 0.05) is 0 Å². The molecule has 14 heavy (non-hydrogen) atoms. The molecule has 1 rings (SSSR count). The number of carbonyl (C=O) groups excluding carboxylic acids is 1. The van der Waals surface area contributed by atoms with Gasteiger partial charge in [0.25, 0.3) is 0 Å². The van der Waals surface area contributed by atoms with Crippen molar-refractivity contribution in [1.82, 2.24) is 9.78 Å². The third-order valence-electron chi connectivity index (χ3n) is 1.03. The van der Waals surface area contributed by atoms with Gasteiger partial charge in [-0.1, -0.05) is 0 Å². The van der Waals surface area contributed by atoms with Crippen molar-refractivity contribution in [2.45, 2.75) is 26.4 Å². The van der Waals surface area contributed by atoms with Crippen LogP contribution >= 0.6 is 19.8 Å². The zero-order valence-corrected chi connectivity index (χ0v) is 13.6. The fraction of sp³-hybridized carbons (Fsp3) is 0.500. The molecule has 0 saturated heterocycles. The Labute approximate surface area is 104 Å². The van der Waals surface area contributed by atoms with Crippen LogP contribution in [0.5, 0.6) is 0 Å². The Morgan fingerprint density at radius 1 is 1.57 bits per heavy atom. The average Bonchev–Trinajstić information content (AvgIpc) is 2.56. The monoisotopic (exact) mass is 358 g/mol. The van der Waals surface area contributed by atoms with E-state index in [1.807, 2.05) is 0 Å². The summed E-state index contributed by atoms with van der Waals surface area (Å²) in [6.07, 6.45) is 2.35. The number of hydrogen-bond acceptors (Lipinski definition) is 3. The van der Waals surface area contributed by atoms with E-state index in [1.54, 1.807) is 20.8 Å². The topological polar surface area (TPSA) is 44.1 Å². The van der Waals surface area contributed by atoms with Crippen LogP contribution < -0.4 is 0 Å². The summed E-state index contributed by atoms with van der Waals surface area (Å²) in [6, 6.07) is 2.65. The first-order chi connectivity index (χ1) is 6.49. The quantitative estimate of drug-likeness (QED) is 0.406. The van der Waals surface area contributed by atoms with Crippen molar-refractivity contribution < 1.29 is 24.3 Å². The zero-order chi connectivity index (χ0) is 11.2. The molecule has 0 aromatic carbocycles. The molecule has 0 radical (unpaired) electrons. The molecular weight excluding hydrogens is 348 g/mol. The Morgan fingerprint density at radius 2 is 2.14 bits per heavy atom. The Hall–Kier alpha value is 0.0334. The molecule has 1 aromatic rings. The number of halogens is 1. The van der Waals surface area contributed by atoms with Crippen LogP contribution in [0.4, 0.5) is 4.79 Å². The van der Waals surface area contributed by atoms with Gasteiger partial charge in [-0.15, -0.1) is 12.4 Å². The summed E-state index contributed by atoms with van der Waals surface area (Å²) in [5.74, 6) is 0. The van der Waals surface area contributed by atoms with Gasteiger partial charge in [-0.2, -0.15) is 0 Å². The number of carbonyl (C=O) groups is 1. The van der Waals surface area contributed by atoms with Crippen molar-refractivity contribution >= 4 is 25.8 Å². The molecule has 0 unspecified atom stereocenters. The summed E-state index contributed by atoms with van der Waals surface area (Å²) < 4.78 is 6.13. The maximum absolute atomic E-state index is 11.2. The van der Waals surface area contributed by atoms with Gasteiger partial charge >= 0.3 is 40.6 Å². The van der Waals surface area contributed by atoms with Gasteiger partial charge in [0.1, 0.15) is 5.60 Å². The molecular formula is C8H11IN2O2Zn. The van der Waals surface area contributed by atoms with Crippen molar-refractivity contribution in [3.05, 3.63) is 18.5 Å². The first kappa shape index (κ1) is 14.0. The molecule has 0 spiro atoms. The normalized spacial score (nSPS) is 10.1. The molecule has 4 nitrogen and oxygen atoms in total. The van der Waals surface area contributed by atoms with Crippen LogP contribution in [0.1, 0.15) is 20.8 Å². The maximum atomic E-state index is 11.2. The summed E-state index contributed by atoms with van der Waals surface area (Å²) in [5, 5.41) is 3.69. The van der Waals surface area contributed by atoms with E-state index in [2.05, 4.69) is 30.9 Å². The summed E-state index contributed by atoms with van der Waals surface area (Å²) in [7, 11) is 0. The molecule has 0 aliphatic heterocycles. The van der Waals surface area contributed by atoms with Crippen LogP contribution in [-0.4, -0.2) is 21.5 Å². The summed E-state index contributed by atoms with van der Waals surface area (Å²) in [6.45, 7) is 5.41. The second-order valence-corrected chi connectivity index (χ2v) is 3.37. The second kappa shape index (κ2) is 6.50. The molecule has 0 N–H and O–H groups in total. The van der Waals surface area contributed by atoms with E-state index in [0.29, 0.717) is 0 Å². The van der Waals surface area contributed by atoms with E-state index in [4.69, 9.17) is 4.74 Å². The minimum atomic E-state index is -0.483.